The predicted octanol–water partition coefficient (Wildman–Crippen LogP) is 3.14. The number of para-hydroxylation sites is 2. The molecule has 2 heterocycles. The average Bonchev–Trinajstić information content (AvgIpc) is 3.16. The maximum absolute atomic E-state index is 13.2. The van der Waals surface area contributed by atoms with E-state index < -0.39 is 10.0 Å². The maximum atomic E-state index is 13.2. The van der Waals surface area contributed by atoms with E-state index in [4.69, 9.17) is 4.74 Å². The molecule has 0 spiro atoms. The number of pyridine rings is 1. The van der Waals surface area contributed by atoms with Crippen molar-refractivity contribution in [1.82, 2.24) is 14.2 Å². The van der Waals surface area contributed by atoms with Crippen LogP contribution < -0.4 is 4.74 Å². The number of benzene rings is 2. The summed E-state index contributed by atoms with van der Waals surface area (Å²) in [5.74, 6) is 1.05. The van der Waals surface area contributed by atoms with Gasteiger partial charge in [-0.3, -0.25) is 9.78 Å². The number of methoxy groups -OCH3 is 1. The van der Waals surface area contributed by atoms with Crippen molar-refractivity contribution in [3.63, 3.8) is 0 Å². The minimum absolute atomic E-state index is 0.0152. The summed E-state index contributed by atoms with van der Waals surface area (Å²) >= 11 is 1.52. The molecule has 1 atom stereocenters. The largest absolute Gasteiger partial charge is 0.496 e. The molecule has 0 aliphatic carbocycles. The number of thioether (sulfide) groups is 1. The lowest BCUT2D eigenvalue weighted by atomic mass is 10.2. The number of nitrogens with zero attached hydrogens (tertiary/aromatic N) is 3. The number of sulfonamides is 1. The van der Waals surface area contributed by atoms with Crippen molar-refractivity contribution in [3.8, 4) is 5.75 Å². The highest BCUT2D eigenvalue weighted by molar-refractivity contribution is 8.00. The summed E-state index contributed by atoms with van der Waals surface area (Å²) in [6.07, 6.45) is 1.58. The van der Waals surface area contributed by atoms with Crippen molar-refractivity contribution in [2.75, 3.05) is 33.0 Å². The van der Waals surface area contributed by atoms with Crippen molar-refractivity contribution in [2.24, 2.45) is 0 Å². The Morgan fingerprint density at radius 3 is 2.74 bits per heavy atom. The second-order valence-corrected chi connectivity index (χ2v) is 10.2. The number of hydrogen-bond acceptors (Lipinski definition) is 6. The average molecular weight is 458 g/mol. The van der Waals surface area contributed by atoms with E-state index in [0.29, 0.717) is 17.0 Å². The molecule has 0 saturated carbocycles. The smallest absolute Gasteiger partial charge is 0.245 e. The first-order valence-corrected chi connectivity index (χ1v) is 12.3. The molecule has 31 heavy (non-hydrogen) atoms. The molecule has 9 heteroatoms. The number of hydrogen-bond donors (Lipinski definition) is 0. The molecule has 2 aromatic carbocycles. The number of rotatable bonds is 7. The molecule has 1 amide bonds. The number of fused-ring (bicyclic) bond motifs is 1. The summed E-state index contributed by atoms with van der Waals surface area (Å²) in [5.41, 5.74) is 1.35. The molecular weight excluding hydrogens is 434 g/mol. The maximum Gasteiger partial charge on any atom is 0.245 e. The van der Waals surface area contributed by atoms with Crippen molar-refractivity contribution in [2.45, 2.75) is 10.3 Å². The molecule has 1 fully saturated rings. The van der Waals surface area contributed by atoms with E-state index in [1.807, 2.05) is 36.4 Å². The minimum Gasteiger partial charge on any atom is -0.496 e. The molecule has 7 nitrogen and oxygen atoms in total. The Bertz CT molecular complexity index is 1210. The number of aromatic nitrogens is 1. The second-order valence-electron chi connectivity index (χ2n) is 7.15. The predicted molar refractivity (Wildman–Crippen MR) is 121 cm³/mol. The standard InChI is InChI=1S/C22H23N3O4S2/c1-24(31(27,28)19-11-5-7-16-8-6-12-23-21(16)19)13-14-25-20(26)15-30-22(25)17-9-3-4-10-18(17)29-2/h3-12,22H,13-15H2,1-2H3. The summed E-state index contributed by atoms with van der Waals surface area (Å²) in [6.45, 7) is 0.450. The molecule has 162 valence electrons. The molecule has 1 aliphatic heterocycles. The van der Waals surface area contributed by atoms with E-state index in [1.165, 1.54) is 23.1 Å². The number of carbonyl (C=O) groups is 1. The molecule has 0 N–H and O–H groups in total. The van der Waals surface area contributed by atoms with Crippen LogP contribution in [-0.2, 0) is 14.8 Å². The molecular formula is C22H23N3O4S2. The van der Waals surface area contributed by atoms with Crippen LogP contribution in [0.5, 0.6) is 5.75 Å². The van der Waals surface area contributed by atoms with Crippen LogP contribution >= 0.6 is 11.8 Å². The fourth-order valence-corrected chi connectivity index (χ4v) is 6.21. The van der Waals surface area contributed by atoms with E-state index in [1.54, 1.807) is 36.4 Å². The summed E-state index contributed by atoms with van der Waals surface area (Å²) in [7, 11) is -0.637. The number of likely N-dealkylation sites (N-methyl/N-ethyl adjacent to an activating group) is 1. The third kappa shape index (κ3) is 4.13. The van der Waals surface area contributed by atoms with Crippen LogP contribution in [0.1, 0.15) is 10.9 Å². The number of ether oxygens (including phenoxy) is 1. The van der Waals surface area contributed by atoms with Gasteiger partial charge < -0.3 is 9.64 Å². The van der Waals surface area contributed by atoms with Gasteiger partial charge in [-0.25, -0.2) is 8.42 Å². The molecule has 1 aromatic heterocycles. The van der Waals surface area contributed by atoms with E-state index in [2.05, 4.69) is 4.98 Å². The number of carbonyl (C=O) groups excluding carboxylic acids is 1. The highest BCUT2D eigenvalue weighted by Gasteiger charge is 2.35. The van der Waals surface area contributed by atoms with Gasteiger partial charge in [-0.05, 0) is 18.2 Å². The van der Waals surface area contributed by atoms with Gasteiger partial charge in [0.05, 0.1) is 18.4 Å². The van der Waals surface area contributed by atoms with Gasteiger partial charge >= 0.3 is 0 Å². The molecule has 1 unspecified atom stereocenters. The third-order valence-electron chi connectivity index (χ3n) is 5.31. The Kier molecular flexibility index (Phi) is 6.17. The Morgan fingerprint density at radius 2 is 1.94 bits per heavy atom. The first-order chi connectivity index (χ1) is 14.9. The van der Waals surface area contributed by atoms with Crippen molar-refractivity contribution in [1.29, 1.82) is 0 Å². The quantitative estimate of drug-likeness (QED) is 0.542. The highest BCUT2D eigenvalue weighted by Crippen LogP contribution is 2.42. The first-order valence-electron chi connectivity index (χ1n) is 9.77. The normalized spacial score (nSPS) is 16.9. The van der Waals surface area contributed by atoms with Gasteiger partial charge in [0, 0.05) is 37.3 Å². The van der Waals surface area contributed by atoms with Crippen LogP contribution in [-0.4, -0.2) is 61.5 Å². The molecule has 1 saturated heterocycles. The van der Waals surface area contributed by atoms with Gasteiger partial charge in [0.2, 0.25) is 15.9 Å². The van der Waals surface area contributed by atoms with Crippen LogP contribution in [0.15, 0.2) is 65.7 Å². The molecule has 0 bridgehead atoms. The third-order valence-corrected chi connectivity index (χ3v) is 8.44. The molecule has 0 radical (unpaired) electrons. The van der Waals surface area contributed by atoms with E-state index >= 15 is 0 Å². The van der Waals surface area contributed by atoms with E-state index in [0.717, 1.165) is 10.9 Å². The lowest BCUT2D eigenvalue weighted by Gasteiger charge is -2.27. The Morgan fingerprint density at radius 1 is 1.16 bits per heavy atom. The molecule has 3 aromatic rings. The monoisotopic (exact) mass is 457 g/mol. The zero-order chi connectivity index (χ0) is 22.0. The molecule has 1 aliphatic rings. The van der Waals surface area contributed by atoms with Crippen LogP contribution in [0.4, 0.5) is 0 Å². The zero-order valence-electron chi connectivity index (χ0n) is 17.3. The Balaban J connectivity index is 1.55. The second kappa shape index (κ2) is 8.86. The van der Waals surface area contributed by atoms with Gasteiger partial charge in [0.15, 0.2) is 0 Å². The van der Waals surface area contributed by atoms with Crippen molar-refractivity contribution < 1.29 is 17.9 Å². The lowest BCUT2D eigenvalue weighted by Crippen LogP contribution is -2.38. The Labute approximate surface area is 186 Å². The van der Waals surface area contributed by atoms with E-state index in [-0.39, 0.29) is 29.3 Å². The molecule has 4 rings (SSSR count). The van der Waals surface area contributed by atoms with Crippen LogP contribution in [0.25, 0.3) is 10.9 Å². The summed E-state index contributed by atoms with van der Waals surface area (Å²) in [4.78, 5) is 18.7. The summed E-state index contributed by atoms with van der Waals surface area (Å²) in [5, 5.41) is 0.554. The summed E-state index contributed by atoms with van der Waals surface area (Å²) < 4.78 is 33.2. The van der Waals surface area contributed by atoms with Gasteiger partial charge in [0.1, 0.15) is 16.0 Å². The van der Waals surface area contributed by atoms with Crippen LogP contribution in [0.2, 0.25) is 0 Å². The van der Waals surface area contributed by atoms with Crippen LogP contribution in [0, 0.1) is 0 Å². The first kappa shape index (κ1) is 21.6. The fraction of sp³-hybridized carbons (Fsp3) is 0.273. The van der Waals surface area contributed by atoms with E-state index in [9.17, 15) is 13.2 Å². The lowest BCUT2D eigenvalue weighted by molar-refractivity contribution is -0.128. The van der Waals surface area contributed by atoms with Crippen molar-refractivity contribution >= 4 is 38.6 Å². The topological polar surface area (TPSA) is 79.8 Å². The number of amides is 1. The van der Waals surface area contributed by atoms with Gasteiger partial charge in [-0.15, -0.1) is 11.8 Å². The van der Waals surface area contributed by atoms with Crippen molar-refractivity contribution in [3.05, 3.63) is 66.4 Å². The minimum atomic E-state index is -3.77. The fourth-order valence-electron chi connectivity index (χ4n) is 3.64. The highest BCUT2D eigenvalue weighted by atomic mass is 32.2. The van der Waals surface area contributed by atoms with Gasteiger partial charge in [-0.1, -0.05) is 36.4 Å². The van der Waals surface area contributed by atoms with Crippen LogP contribution in [0.3, 0.4) is 0 Å². The van der Waals surface area contributed by atoms with Gasteiger partial charge in [0.25, 0.3) is 0 Å². The summed E-state index contributed by atoms with van der Waals surface area (Å²) in [6, 6.07) is 16.3. The Hall–Kier alpha value is -2.62. The SMILES string of the molecule is COc1ccccc1C1SCC(=O)N1CCN(C)S(=O)(=O)c1cccc2cccnc12. The zero-order valence-corrected chi connectivity index (χ0v) is 18.9. The van der Waals surface area contributed by atoms with Gasteiger partial charge in [-0.2, -0.15) is 4.31 Å².